The lowest BCUT2D eigenvalue weighted by atomic mass is 10.3. The Hall–Kier alpha value is -0.960. The fourth-order valence-electron chi connectivity index (χ4n) is 1.22. The second kappa shape index (κ2) is 5.13. The van der Waals surface area contributed by atoms with Crippen LogP contribution in [-0.2, 0) is 3.79 Å². The van der Waals surface area contributed by atoms with Crippen LogP contribution >= 0.6 is 34.8 Å². The van der Waals surface area contributed by atoms with E-state index in [1.165, 1.54) is 6.20 Å². The van der Waals surface area contributed by atoms with Crippen LogP contribution in [0.15, 0.2) is 48.7 Å². The van der Waals surface area contributed by atoms with Crippen LogP contribution in [-0.4, -0.2) is 4.98 Å². The quantitative estimate of drug-likeness (QED) is 0.747. The molecule has 0 amide bonds. The van der Waals surface area contributed by atoms with E-state index in [0.717, 1.165) is 0 Å². The Morgan fingerprint density at radius 3 is 2.18 bits per heavy atom. The number of hydrogen-bond donors (Lipinski definition) is 0. The van der Waals surface area contributed by atoms with E-state index >= 15 is 0 Å². The van der Waals surface area contributed by atoms with Crippen molar-refractivity contribution in [3.63, 3.8) is 0 Å². The maximum Gasteiger partial charge on any atom is 0.219 e. The van der Waals surface area contributed by atoms with Gasteiger partial charge in [0.1, 0.15) is 5.75 Å². The molecule has 88 valence electrons. The summed E-state index contributed by atoms with van der Waals surface area (Å²) in [6.45, 7) is 0. The van der Waals surface area contributed by atoms with Crippen LogP contribution in [0.5, 0.6) is 11.6 Å². The van der Waals surface area contributed by atoms with Crippen LogP contribution in [0.3, 0.4) is 0 Å². The Morgan fingerprint density at radius 1 is 0.941 bits per heavy atom. The molecule has 0 aliphatic rings. The number of benzene rings is 1. The number of ether oxygens (including phenoxy) is 1. The lowest BCUT2D eigenvalue weighted by Crippen LogP contribution is -2.00. The summed E-state index contributed by atoms with van der Waals surface area (Å²) in [5, 5.41) is 0. The number of pyridine rings is 1. The molecule has 2 nitrogen and oxygen atoms in total. The molecule has 0 unspecified atom stereocenters. The summed E-state index contributed by atoms with van der Waals surface area (Å²) in [5.74, 6) is 1.16. The van der Waals surface area contributed by atoms with Gasteiger partial charge in [0, 0.05) is 17.8 Å². The summed E-state index contributed by atoms with van der Waals surface area (Å²) < 4.78 is 4.05. The molecule has 0 saturated heterocycles. The van der Waals surface area contributed by atoms with Crippen molar-refractivity contribution in [1.29, 1.82) is 0 Å². The van der Waals surface area contributed by atoms with Crippen LogP contribution in [0.1, 0.15) is 5.56 Å². The van der Waals surface area contributed by atoms with Gasteiger partial charge >= 0.3 is 0 Å². The number of hydrogen-bond acceptors (Lipinski definition) is 2. The van der Waals surface area contributed by atoms with E-state index in [4.69, 9.17) is 39.5 Å². The number of nitrogens with zero attached hydrogens (tertiary/aromatic N) is 1. The zero-order chi connectivity index (χ0) is 12.3. The minimum absolute atomic E-state index is 0.453. The van der Waals surface area contributed by atoms with E-state index in [0.29, 0.717) is 17.2 Å². The first kappa shape index (κ1) is 12.5. The highest BCUT2D eigenvalue weighted by atomic mass is 35.6. The molecule has 0 bridgehead atoms. The van der Waals surface area contributed by atoms with E-state index in [1.54, 1.807) is 12.1 Å². The van der Waals surface area contributed by atoms with E-state index in [1.807, 2.05) is 30.3 Å². The van der Waals surface area contributed by atoms with E-state index < -0.39 is 3.79 Å². The summed E-state index contributed by atoms with van der Waals surface area (Å²) in [6, 6.07) is 12.7. The number of para-hydroxylation sites is 1. The van der Waals surface area contributed by atoms with Crippen LogP contribution in [0.25, 0.3) is 0 Å². The first-order chi connectivity index (χ1) is 8.05. The molecule has 0 N–H and O–H groups in total. The molecule has 0 aliphatic carbocycles. The van der Waals surface area contributed by atoms with Crippen molar-refractivity contribution in [2.24, 2.45) is 0 Å². The lowest BCUT2D eigenvalue weighted by Gasteiger charge is -2.11. The fourth-order valence-corrected chi connectivity index (χ4v) is 1.55. The SMILES string of the molecule is ClC(Cl)(Cl)c1ccc(Oc2ccccc2)nc1. The summed E-state index contributed by atoms with van der Waals surface area (Å²) >= 11 is 17.2. The maximum absolute atomic E-state index is 5.72. The van der Waals surface area contributed by atoms with Crippen LogP contribution in [0.2, 0.25) is 0 Å². The van der Waals surface area contributed by atoms with Crippen LogP contribution in [0, 0.1) is 0 Å². The van der Waals surface area contributed by atoms with Gasteiger partial charge < -0.3 is 4.74 Å². The number of rotatable bonds is 2. The zero-order valence-corrected chi connectivity index (χ0v) is 10.9. The molecule has 0 fully saturated rings. The molecule has 0 aliphatic heterocycles. The lowest BCUT2D eigenvalue weighted by molar-refractivity contribution is 0.462. The molecule has 2 aromatic rings. The summed E-state index contributed by atoms with van der Waals surface area (Å²) in [6.07, 6.45) is 1.48. The highest BCUT2D eigenvalue weighted by Crippen LogP contribution is 2.38. The van der Waals surface area contributed by atoms with Gasteiger partial charge in [-0.05, 0) is 18.2 Å². The Balaban J connectivity index is 2.14. The molecule has 1 heterocycles. The van der Waals surface area contributed by atoms with E-state index in [9.17, 15) is 0 Å². The average molecular weight is 289 g/mol. The van der Waals surface area contributed by atoms with Crippen LogP contribution < -0.4 is 4.74 Å². The zero-order valence-electron chi connectivity index (χ0n) is 8.61. The topological polar surface area (TPSA) is 22.1 Å². The van der Waals surface area contributed by atoms with Gasteiger partial charge in [-0.3, -0.25) is 0 Å². The van der Waals surface area contributed by atoms with Crippen molar-refractivity contribution in [3.8, 4) is 11.6 Å². The largest absolute Gasteiger partial charge is 0.439 e. The molecule has 1 aromatic carbocycles. The van der Waals surface area contributed by atoms with Gasteiger partial charge in [0.05, 0.1) is 0 Å². The van der Waals surface area contributed by atoms with Gasteiger partial charge in [0.2, 0.25) is 9.67 Å². The third-order valence-corrected chi connectivity index (χ3v) is 2.68. The average Bonchev–Trinajstić information content (AvgIpc) is 2.30. The summed E-state index contributed by atoms with van der Waals surface area (Å²) in [5.41, 5.74) is 0.503. The number of aromatic nitrogens is 1. The fraction of sp³-hybridized carbons (Fsp3) is 0.0833. The molecular weight excluding hydrogens is 280 g/mol. The minimum Gasteiger partial charge on any atom is -0.439 e. The van der Waals surface area contributed by atoms with Crippen molar-refractivity contribution < 1.29 is 4.74 Å². The van der Waals surface area contributed by atoms with Crippen molar-refractivity contribution >= 4 is 34.8 Å². The first-order valence-electron chi connectivity index (χ1n) is 4.82. The maximum atomic E-state index is 5.72. The van der Waals surface area contributed by atoms with Crippen LogP contribution in [0.4, 0.5) is 0 Å². The minimum atomic E-state index is -1.46. The third kappa shape index (κ3) is 3.50. The highest BCUT2D eigenvalue weighted by molar-refractivity contribution is 6.66. The monoisotopic (exact) mass is 287 g/mol. The Morgan fingerprint density at radius 2 is 1.65 bits per heavy atom. The molecule has 0 spiro atoms. The van der Waals surface area contributed by atoms with Gasteiger partial charge in [-0.1, -0.05) is 53.0 Å². The number of halogens is 3. The third-order valence-electron chi connectivity index (χ3n) is 2.03. The smallest absolute Gasteiger partial charge is 0.219 e. The molecule has 17 heavy (non-hydrogen) atoms. The van der Waals surface area contributed by atoms with Gasteiger partial charge in [-0.15, -0.1) is 0 Å². The predicted octanol–water partition coefficient (Wildman–Crippen LogP) is 4.70. The summed E-state index contributed by atoms with van der Waals surface area (Å²) in [4.78, 5) is 4.06. The van der Waals surface area contributed by atoms with Crippen molar-refractivity contribution in [2.45, 2.75) is 3.79 Å². The van der Waals surface area contributed by atoms with Crippen molar-refractivity contribution in [3.05, 3.63) is 54.2 Å². The number of alkyl halides is 3. The Kier molecular flexibility index (Phi) is 3.77. The van der Waals surface area contributed by atoms with Crippen molar-refractivity contribution in [2.75, 3.05) is 0 Å². The normalized spacial score (nSPS) is 11.2. The summed E-state index contributed by atoms with van der Waals surface area (Å²) in [7, 11) is 0. The standard InChI is InChI=1S/C12H8Cl3NO/c13-12(14,15)9-6-7-11(16-8-9)17-10-4-2-1-3-5-10/h1-8H. The Labute approximate surface area is 114 Å². The Bertz CT molecular complexity index is 479. The molecule has 5 heteroatoms. The molecule has 0 atom stereocenters. The van der Waals surface area contributed by atoms with Crippen molar-refractivity contribution in [1.82, 2.24) is 4.98 Å². The molecule has 0 saturated carbocycles. The van der Waals surface area contributed by atoms with E-state index in [-0.39, 0.29) is 0 Å². The van der Waals surface area contributed by atoms with Gasteiger partial charge in [0.15, 0.2) is 0 Å². The van der Waals surface area contributed by atoms with Gasteiger partial charge in [-0.2, -0.15) is 0 Å². The second-order valence-electron chi connectivity index (χ2n) is 3.30. The first-order valence-corrected chi connectivity index (χ1v) is 5.95. The molecular formula is C12H8Cl3NO. The van der Waals surface area contributed by atoms with E-state index in [2.05, 4.69) is 4.98 Å². The van der Waals surface area contributed by atoms with Gasteiger partial charge in [0.25, 0.3) is 0 Å². The highest BCUT2D eigenvalue weighted by Gasteiger charge is 2.22. The molecule has 1 aromatic heterocycles. The molecule has 0 radical (unpaired) electrons. The predicted molar refractivity (Wildman–Crippen MR) is 70.0 cm³/mol. The molecule has 2 rings (SSSR count). The second-order valence-corrected chi connectivity index (χ2v) is 5.58. The van der Waals surface area contributed by atoms with Gasteiger partial charge in [-0.25, -0.2) is 4.98 Å².